The third kappa shape index (κ3) is 8.08. The van der Waals surface area contributed by atoms with Crippen LogP contribution in [0.15, 0.2) is 126 Å². The Kier molecular flexibility index (Phi) is 9.68. The highest BCUT2D eigenvalue weighted by atomic mass is 32.2. The molecular formula is C30H22N6O11S3. The van der Waals surface area contributed by atoms with Crippen molar-refractivity contribution < 1.29 is 43.8 Å². The van der Waals surface area contributed by atoms with E-state index < -0.39 is 50.8 Å². The van der Waals surface area contributed by atoms with E-state index in [9.17, 15) is 49.0 Å². The van der Waals surface area contributed by atoms with Crippen LogP contribution in [0.4, 0.5) is 34.1 Å². The molecule has 5 aromatic carbocycles. The van der Waals surface area contributed by atoms with Crippen molar-refractivity contribution in [3.8, 4) is 0 Å². The highest BCUT2D eigenvalue weighted by Gasteiger charge is 2.20. The van der Waals surface area contributed by atoms with Crippen LogP contribution in [0.1, 0.15) is 11.1 Å². The van der Waals surface area contributed by atoms with Crippen LogP contribution in [-0.2, 0) is 30.4 Å². The smallest absolute Gasteiger partial charge is 0.295 e. The molecule has 5 aromatic rings. The molecule has 0 radical (unpaired) electrons. The molecule has 0 fully saturated rings. The number of fused-ring (bicyclic) bond motifs is 1. The number of nitro benzene ring substituents is 1. The average Bonchev–Trinajstić information content (AvgIpc) is 3.04. The van der Waals surface area contributed by atoms with Crippen molar-refractivity contribution in [2.75, 3.05) is 5.73 Å². The standard InChI is InChI=1S/C30H22N6O11S3/c31-25-15-20(12-14-27(25)35-34-26-5-1-4-24-23(26)3-2-6-28(24)48(39,40)41)32-33-21-11-9-18(29(16-21)49(42,43)44)7-8-19-10-13-22(36(37)38)17-30(19)50(45,46)47/h1-17H,31H2,(H,39,40,41)(H,42,43,44)(H,45,46,47). The van der Waals surface area contributed by atoms with Gasteiger partial charge in [0.05, 0.1) is 27.7 Å². The zero-order chi connectivity index (χ0) is 36.4. The van der Waals surface area contributed by atoms with Gasteiger partial charge in [-0.05, 0) is 59.7 Å². The first-order chi connectivity index (χ1) is 23.4. The van der Waals surface area contributed by atoms with Crippen LogP contribution in [0.3, 0.4) is 0 Å². The normalized spacial score (nSPS) is 12.8. The summed E-state index contributed by atoms with van der Waals surface area (Å²) in [6.45, 7) is 0. The quantitative estimate of drug-likeness (QED) is 0.0279. The minimum absolute atomic E-state index is 0.0220. The molecule has 0 aromatic heterocycles. The van der Waals surface area contributed by atoms with Gasteiger partial charge < -0.3 is 5.73 Å². The minimum Gasteiger partial charge on any atom is -0.397 e. The lowest BCUT2D eigenvalue weighted by Gasteiger charge is -2.06. The number of azo groups is 2. The van der Waals surface area contributed by atoms with Gasteiger partial charge in [0.25, 0.3) is 36.0 Å². The van der Waals surface area contributed by atoms with Gasteiger partial charge in [-0.25, -0.2) is 0 Å². The molecule has 17 nitrogen and oxygen atoms in total. The van der Waals surface area contributed by atoms with E-state index in [2.05, 4.69) is 20.5 Å². The number of nitro groups is 1. The van der Waals surface area contributed by atoms with E-state index >= 15 is 0 Å². The predicted octanol–water partition coefficient (Wildman–Crippen LogP) is 7.07. The molecule has 0 amide bonds. The molecule has 0 unspecified atom stereocenters. The predicted molar refractivity (Wildman–Crippen MR) is 181 cm³/mol. The van der Waals surface area contributed by atoms with Crippen LogP contribution in [0, 0.1) is 10.1 Å². The Labute approximate surface area is 283 Å². The Hall–Kier alpha value is -5.77. The van der Waals surface area contributed by atoms with E-state index in [0.29, 0.717) is 17.1 Å². The molecule has 0 aliphatic carbocycles. The first-order valence-electron chi connectivity index (χ1n) is 13.7. The summed E-state index contributed by atoms with van der Waals surface area (Å²) < 4.78 is 100. The fourth-order valence-corrected chi connectivity index (χ4v) is 6.73. The third-order valence-electron chi connectivity index (χ3n) is 6.90. The van der Waals surface area contributed by atoms with Crippen LogP contribution in [0.5, 0.6) is 0 Å². The number of hydrogen-bond donors (Lipinski definition) is 4. The van der Waals surface area contributed by atoms with E-state index in [1.54, 1.807) is 18.2 Å². The molecule has 5 rings (SSSR count). The van der Waals surface area contributed by atoms with E-state index in [4.69, 9.17) is 5.73 Å². The second-order valence-corrected chi connectivity index (χ2v) is 14.4. The minimum atomic E-state index is -4.91. The average molecular weight is 739 g/mol. The SMILES string of the molecule is Nc1cc(N=Nc2ccc(C=Cc3ccc([N+](=O)[O-])cc3S(=O)(=O)O)c(S(=O)(=O)O)c2)ccc1N=Nc1cccc2c(S(=O)(=O)O)cccc12. The lowest BCUT2D eigenvalue weighted by atomic mass is 10.1. The molecule has 50 heavy (non-hydrogen) atoms. The zero-order valence-electron chi connectivity index (χ0n) is 25.0. The molecule has 0 heterocycles. The Balaban J connectivity index is 1.40. The number of nitrogens with two attached hydrogens (primary N) is 1. The van der Waals surface area contributed by atoms with Crippen molar-refractivity contribution >= 4 is 87.4 Å². The molecule has 5 N–H and O–H groups in total. The molecule has 0 atom stereocenters. The molecule has 256 valence electrons. The number of non-ortho nitro benzene ring substituents is 1. The molecule has 20 heteroatoms. The topological polar surface area (TPSA) is 282 Å². The second-order valence-electron chi connectivity index (χ2n) is 10.2. The maximum Gasteiger partial charge on any atom is 0.295 e. The van der Waals surface area contributed by atoms with E-state index in [0.717, 1.165) is 30.4 Å². The highest BCUT2D eigenvalue weighted by Crippen LogP contribution is 2.34. The van der Waals surface area contributed by atoms with E-state index in [-0.39, 0.29) is 44.2 Å². The van der Waals surface area contributed by atoms with Crippen molar-refractivity contribution in [3.63, 3.8) is 0 Å². The number of nitrogens with zero attached hydrogens (tertiary/aromatic N) is 5. The largest absolute Gasteiger partial charge is 0.397 e. The van der Waals surface area contributed by atoms with Gasteiger partial charge in [-0.2, -0.15) is 35.5 Å². The van der Waals surface area contributed by atoms with E-state index in [1.807, 2.05) is 0 Å². The monoisotopic (exact) mass is 738 g/mol. The molecular weight excluding hydrogens is 717 g/mol. The number of hydrogen-bond acceptors (Lipinski definition) is 13. The van der Waals surface area contributed by atoms with Crippen LogP contribution in [0.25, 0.3) is 22.9 Å². The van der Waals surface area contributed by atoms with Gasteiger partial charge in [-0.3, -0.25) is 23.8 Å². The summed E-state index contributed by atoms with van der Waals surface area (Å²) >= 11 is 0. The fourth-order valence-electron chi connectivity index (χ4n) is 4.62. The Bertz CT molecular complexity index is 2630. The van der Waals surface area contributed by atoms with Gasteiger partial charge in [0.15, 0.2) is 0 Å². The summed E-state index contributed by atoms with van der Waals surface area (Å²) in [6, 6.07) is 19.5. The van der Waals surface area contributed by atoms with Crippen LogP contribution in [0.2, 0.25) is 0 Å². The maximum absolute atomic E-state index is 12.2. The fraction of sp³-hybridized carbons (Fsp3) is 0. The summed E-state index contributed by atoms with van der Waals surface area (Å²) in [5, 5.41) is 28.0. The van der Waals surface area contributed by atoms with Crippen molar-refractivity contribution in [1.29, 1.82) is 0 Å². The van der Waals surface area contributed by atoms with Gasteiger partial charge >= 0.3 is 0 Å². The first-order valence-corrected chi connectivity index (χ1v) is 18.0. The summed E-state index contributed by atoms with van der Waals surface area (Å²) in [5.74, 6) is 0. The molecule has 0 aliphatic heterocycles. The third-order valence-corrected chi connectivity index (χ3v) is 9.63. The van der Waals surface area contributed by atoms with Crippen LogP contribution >= 0.6 is 0 Å². The van der Waals surface area contributed by atoms with Crippen molar-refractivity contribution in [3.05, 3.63) is 112 Å². The summed E-state index contributed by atoms with van der Waals surface area (Å²) in [5.41, 5.74) is 6.04. The number of rotatable bonds is 10. The van der Waals surface area contributed by atoms with Crippen LogP contribution in [-0.4, -0.2) is 43.8 Å². The summed E-state index contributed by atoms with van der Waals surface area (Å²) in [6.07, 6.45) is 2.19. The number of anilines is 1. The molecule has 0 bridgehead atoms. The second kappa shape index (κ2) is 13.6. The zero-order valence-corrected chi connectivity index (χ0v) is 27.4. The van der Waals surface area contributed by atoms with E-state index in [1.165, 1.54) is 48.5 Å². The summed E-state index contributed by atoms with van der Waals surface area (Å²) in [7, 11) is -14.3. The van der Waals surface area contributed by atoms with Gasteiger partial charge in [0.1, 0.15) is 20.4 Å². The van der Waals surface area contributed by atoms with Crippen molar-refractivity contribution in [2.45, 2.75) is 14.7 Å². The summed E-state index contributed by atoms with van der Waals surface area (Å²) in [4.78, 5) is 8.47. The molecule has 0 saturated carbocycles. The lowest BCUT2D eigenvalue weighted by molar-refractivity contribution is -0.385. The molecule has 0 spiro atoms. The maximum atomic E-state index is 12.2. The Morgan fingerprint density at radius 1 is 0.580 bits per heavy atom. The van der Waals surface area contributed by atoms with Gasteiger partial charge in [-0.15, -0.1) is 10.2 Å². The Morgan fingerprint density at radius 3 is 1.70 bits per heavy atom. The van der Waals surface area contributed by atoms with Crippen molar-refractivity contribution in [1.82, 2.24) is 0 Å². The van der Waals surface area contributed by atoms with Gasteiger partial charge in [0.2, 0.25) is 0 Å². The molecule has 0 aliphatic rings. The number of benzene rings is 5. The number of nitrogen functional groups attached to an aromatic ring is 1. The first kappa shape index (κ1) is 35.5. The van der Waals surface area contributed by atoms with Crippen molar-refractivity contribution in [2.24, 2.45) is 20.5 Å². The van der Waals surface area contributed by atoms with Crippen LogP contribution < -0.4 is 5.73 Å². The molecule has 0 saturated heterocycles. The Morgan fingerprint density at radius 2 is 1.10 bits per heavy atom. The lowest BCUT2D eigenvalue weighted by Crippen LogP contribution is -2.02. The van der Waals surface area contributed by atoms with Gasteiger partial charge in [0, 0.05) is 22.9 Å². The highest BCUT2D eigenvalue weighted by molar-refractivity contribution is 7.86. The van der Waals surface area contributed by atoms with Gasteiger partial charge in [-0.1, -0.05) is 42.5 Å².